The number of nitrogens with two attached hydrogens (primary N) is 1. The molecule has 4 nitrogen and oxygen atoms in total. The Balaban J connectivity index is 1.94. The third-order valence-electron chi connectivity index (χ3n) is 2.75. The zero-order chi connectivity index (χ0) is 14.5. The number of hydrogen-bond acceptors (Lipinski definition) is 3. The van der Waals surface area contributed by atoms with Crippen LogP contribution in [0.25, 0.3) is 0 Å². The predicted octanol–water partition coefficient (Wildman–Crippen LogP) is 2.24. The van der Waals surface area contributed by atoms with E-state index in [1.807, 2.05) is 11.0 Å². The zero-order valence-electron chi connectivity index (χ0n) is 10.6. The molecule has 1 aromatic carbocycles. The Morgan fingerprint density at radius 1 is 1.35 bits per heavy atom. The largest absolute Gasteiger partial charge is 0.375 e. The fourth-order valence-corrected chi connectivity index (χ4v) is 2.13. The molecule has 0 atom stereocenters. The summed E-state index contributed by atoms with van der Waals surface area (Å²) in [4.78, 5) is 1.81. The van der Waals surface area contributed by atoms with Crippen LogP contribution in [-0.2, 0) is 6.42 Å². The van der Waals surface area contributed by atoms with Gasteiger partial charge in [-0.1, -0.05) is 29.8 Å². The molecule has 0 fully saturated rings. The standard InChI is InChI=1S/C13H14ClFN4S/c14-12-9-19(17-13(16)20)8-7-18(12)6-5-10-3-1-2-4-11(10)15/h1-4,7-9H,5-6H2,(H3,16,17,20). The molecule has 0 amide bonds. The summed E-state index contributed by atoms with van der Waals surface area (Å²) in [5.74, 6) is -0.203. The van der Waals surface area contributed by atoms with Crippen LogP contribution in [0.2, 0.25) is 0 Å². The van der Waals surface area contributed by atoms with E-state index in [1.165, 1.54) is 6.07 Å². The first kappa shape index (κ1) is 14.6. The van der Waals surface area contributed by atoms with Crippen LogP contribution in [-0.4, -0.2) is 21.6 Å². The van der Waals surface area contributed by atoms with Crippen molar-refractivity contribution in [3.05, 3.63) is 59.4 Å². The summed E-state index contributed by atoms with van der Waals surface area (Å²) >= 11 is 10.9. The summed E-state index contributed by atoms with van der Waals surface area (Å²) in [6.07, 6.45) is 5.70. The highest BCUT2D eigenvalue weighted by Gasteiger charge is 2.12. The fourth-order valence-electron chi connectivity index (χ4n) is 1.78. The number of halogens is 2. The summed E-state index contributed by atoms with van der Waals surface area (Å²) in [5.41, 5.74) is 8.76. The molecule has 1 aliphatic rings. The van der Waals surface area contributed by atoms with Crippen LogP contribution in [0.15, 0.2) is 48.0 Å². The zero-order valence-corrected chi connectivity index (χ0v) is 12.2. The Labute approximate surface area is 127 Å². The van der Waals surface area contributed by atoms with Gasteiger partial charge in [-0.05, 0) is 30.3 Å². The molecule has 106 valence electrons. The van der Waals surface area contributed by atoms with E-state index in [2.05, 4.69) is 5.43 Å². The number of nitrogens with one attached hydrogen (secondary N) is 1. The van der Waals surface area contributed by atoms with Crippen molar-refractivity contribution in [3.63, 3.8) is 0 Å². The van der Waals surface area contributed by atoms with Crippen LogP contribution in [0.4, 0.5) is 4.39 Å². The number of hydrogen-bond donors (Lipinski definition) is 2. The van der Waals surface area contributed by atoms with E-state index < -0.39 is 0 Å². The maximum Gasteiger partial charge on any atom is 0.183 e. The maximum atomic E-state index is 13.5. The van der Waals surface area contributed by atoms with Crippen molar-refractivity contribution >= 4 is 28.9 Å². The molecule has 7 heteroatoms. The molecule has 1 aromatic rings. The van der Waals surface area contributed by atoms with Gasteiger partial charge in [-0.15, -0.1) is 0 Å². The van der Waals surface area contributed by atoms with Gasteiger partial charge in [0.2, 0.25) is 0 Å². The first-order valence-corrected chi connectivity index (χ1v) is 6.75. The molecule has 1 heterocycles. The van der Waals surface area contributed by atoms with Crippen molar-refractivity contribution < 1.29 is 4.39 Å². The molecule has 0 saturated heterocycles. The van der Waals surface area contributed by atoms with E-state index in [4.69, 9.17) is 29.6 Å². The monoisotopic (exact) mass is 312 g/mol. The molecule has 0 bridgehead atoms. The lowest BCUT2D eigenvalue weighted by atomic mass is 10.1. The Morgan fingerprint density at radius 3 is 2.75 bits per heavy atom. The minimum atomic E-state index is -0.203. The molecule has 3 N–H and O–H groups in total. The number of benzene rings is 1. The minimum Gasteiger partial charge on any atom is -0.375 e. The molecular weight excluding hydrogens is 299 g/mol. The van der Waals surface area contributed by atoms with Crippen LogP contribution in [0.3, 0.4) is 0 Å². The minimum absolute atomic E-state index is 0.148. The van der Waals surface area contributed by atoms with Crippen LogP contribution in [0, 0.1) is 5.82 Å². The quantitative estimate of drug-likeness (QED) is 0.659. The average molecular weight is 313 g/mol. The van der Waals surface area contributed by atoms with Gasteiger partial charge in [-0.25, -0.2) is 4.39 Å². The van der Waals surface area contributed by atoms with E-state index in [0.29, 0.717) is 23.7 Å². The van der Waals surface area contributed by atoms with Crippen molar-refractivity contribution in [2.24, 2.45) is 5.73 Å². The van der Waals surface area contributed by atoms with Crippen LogP contribution >= 0.6 is 23.8 Å². The van der Waals surface area contributed by atoms with Gasteiger partial charge in [0.25, 0.3) is 0 Å². The second-order valence-corrected chi connectivity index (χ2v) is 5.00. The molecule has 0 aromatic heterocycles. The molecule has 20 heavy (non-hydrogen) atoms. The second-order valence-electron chi connectivity index (χ2n) is 4.17. The Hall–Kier alpha value is -1.79. The van der Waals surface area contributed by atoms with Gasteiger partial charge in [0, 0.05) is 18.9 Å². The van der Waals surface area contributed by atoms with Crippen molar-refractivity contribution in [2.75, 3.05) is 6.54 Å². The lowest BCUT2D eigenvalue weighted by Crippen LogP contribution is -2.40. The molecular formula is C13H14ClFN4S. The first-order valence-electron chi connectivity index (χ1n) is 5.96. The SMILES string of the molecule is NC(=S)NN1C=CN(CCc2ccccc2F)C(Cl)=C1. The van der Waals surface area contributed by atoms with Crippen molar-refractivity contribution in [3.8, 4) is 0 Å². The van der Waals surface area contributed by atoms with Crippen LogP contribution in [0.1, 0.15) is 5.56 Å². The molecule has 0 saturated carbocycles. The molecule has 1 aliphatic heterocycles. The second kappa shape index (κ2) is 6.58. The van der Waals surface area contributed by atoms with Gasteiger partial charge < -0.3 is 10.6 Å². The lowest BCUT2D eigenvalue weighted by molar-refractivity contribution is 0.386. The Morgan fingerprint density at radius 2 is 2.10 bits per heavy atom. The van der Waals surface area contributed by atoms with Gasteiger partial charge in [-0.2, -0.15) is 0 Å². The third kappa shape index (κ3) is 3.85. The molecule has 0 radical (unpaired) electrons. The summed E-state index contributed by atoms with van der Waals surface area (Å²) in [6.45, 7) is 0.577. The van der Waals surface area contributed by atoms with E-state index in [-0.39, 0.29) is 10.9 Å². The summed E-state index contributed by atoms with van der Waals surface area (Å²) < 4.78 is 13.5. The first-order chi connectivity index (χ1) is 9.56. The van der Waals surface area contributed by atoms with Gasteiger partial charge in [-0.3, -0.25) is 10.4 Å². The van der Waals surface area contributed by atoms with Gasteiger partial charge in [0.15, 0.2) is 5.11 Å². The van der Waals surface area contributed by atoms with Crippen LogP contribution in [0.5, 0.6) is 0 Å². The van der Waals surface area contributed by atoms with E-state index >= 15 is 0 Å². The fraction of sp³-hybridized carbons (Fsp3) is 0.154. The average Bonchev–Trinajstić information content (AvgIpc) is 2.39. The van der Waals surface area contributed by atoms with Crippen LogP contribution < -0.4 is 11.2 Å². The number of rotatable bonds is 4. The highest BCUT2D eigenvalue weighted by Crippen LogP contribution is 2.17. The highest BCUT2D eigenvalue weighted by molar-refractivity contribution is 7.80. The lowest BCUT2D eigenvalue weighted by Gasteiger charge is -2.28. The Kier molecular flexibility index (Phi) is 4.81. The van der Waals surface area contributed by atoms with Crippen molar-refractivity contribution in [2.45, 2.75) is 6.42 Å². The molecule has 2 rings (SSSR count). The highest BCUT2D eigenvalue weighted by atomic mass is 35.5. The van der Waals surface area contributed by atoms with Gasteiger partial charge >= 0.3 is 0 Å². The topological polar surface area (TPSA) is 44.5 Å². The summed E-state index contributed by atoms with van der Waals surface area (Å²) in [6, 6.07) is 6.70. The number of thiocarbonyl (C=S) groups is 1. The summed E-state index contributed by atoms with van der Waals surface area (Å²) in [5, 5.41) is 2.20. The van der Waals surface area contributed by atoms with Gasteiger partial charge in [0.05, 0.1) is 6.20 Å². The smallest absolute Gasteiger partial charge is 0.183 e. The summed E-state index contributed by atoms with van der Waals surface area (Å²) in [7, 11) is 0. The number of hydrazine groups is 1. The Bertz CT molecular complexity index is 561. The predicted molar refractivity (Wildman–Crippen MR) is 81.6 cm³/mol. The van der Waals surface area contributed by atoms with E-state index in [0.717, 1.165) is 0 Å². The van der Waals surface area contributed by atoms with Crippen molar-refractivity contribution in [1.29, 1.82) is 0 Å². The van der Waals surface area contributed by atoms with E-state index in [1.54, 1.807) is 35.7 Å². The van der Waals surface area contributed by atoms with E-state index in [9.17, 15) is 4.39 Å². The molecule has 0 spiro atoms. The molecule has 0 aliphatic carbocycles. The molecule has 0 unspecified atom stereocenters. The maximum absolute atomic E-state index is 13.5. The third-order valence-corrected chi connectivity index (χ3v) is 3.15. The van der Waals surface area contributed by atoms with Crippen molar-refractivity contribution in [1.82, 2.24) is 15.3 Å². The van der Waals surface area contributed by atoms with Gasteiger partial charge in [0.1, 0.15) is 11.0 Å². The normalized spacial score (nSPS) is 14.2. The number of nitrogens with zero attached hydrogens (tertiary/aromatic N) is 2.